The van der Waals surface area contributed by atoms with Crippen molar-refractivity contribution in [1.82, 2.24) is 15.1 Å². The molecule has 1 atom stereocenters. The molecule has 4 rings (SSSR count). The normalized spacial score (nSPS) is 16.9. The van der Waals surface area contributed by atoms with Gasteiger partial charge < -0.3 is 14.4 Å². The monoisotopic (exact) mass is 356 g/mol. The van der Waals surface area contributed by atoms with Gasteiger partial charge in [-0.2, -0.15) is 0 Å². The van der Waals surface area contributed by atoms with Gasteiger partial charge in [-0.3, -0.25) is 4.90 Å². The predicted molar refractivity (Wildman–Crippen MR) is 97.9 cm³/mol. The number of aromatic hydroxyl groups is 1. The molecule has 7 heteroatoms. The molecule has 3 aromatic rings. The highest BCUT2D eigenvalue weighted by atomic mass is 32.1. The van der Waals surface area contributed by atoms with Crippen molar-refractivity contribution in [2.45, 2.75) is 13.0 Å². The van der Waals surface area contributed by atoms with Gasteiger partial charge in [0.2, 0.25) is 5.89 Å². The molecule has 0 spiro atoms. The lowest BCUT2D eigenvalue weighted by Gasteiger charge is -2.38. The Bertz CT molecular complexity index is 808. The van der Waals surface area contributed by atoms with Gasteiger partial charge in [0.15, 0.2) is 0 Å². The SMILES string of the molecule is C[C@H](c1nnc(-c2cccs2)o1)N1CCN(c2ccc(O)cc2)CC1. The summed E-state index contributed by atoms with van der Waals surface area (Å²) in [5.74, 6) is 1.56. The van der Waals surface area contributed by atoms with Gasteiger partial charge in [-0.1, -0.05) is 6.07 Å². The Morgan fingerprint density at radius 1 is 1.08 bits per heavy atom. The van der Waals surface area contributed by atoms with E-state index in [0.29, 0.717) is 17.5 Å². The van der Waals surface area contributed by atoms with E-state index in [2.05, 4.69) is 26.9 Å². The first-order valence-corrected chi connectivity index (χ1v) is 9.24. The third-order valence-corrected chi connectivity index (χ3v) is 5.46. The van der Waals surface area contributed by atoms with Crippen molar-refractivity contribution < 1.29 is 9.52 Å². The number of hydrogen-bond acceptors (Lipinski definition) is 7. The summed E-state index contributed by atoms with van der Waals surface area (Å²) in [7, 11) is 0. The molecular formula is C18H20N4O2S. The zero-order chi connectivity index (χ0) is 17.2. The summed E-state index contributed by atoms with van der Waals surface area (Å²) in [5, 5.41) is 19.8. The number of phenols is 1. The van der Waals surface area contributed by atoms with Crippen LogP contribution in [-0.2, 0) is 0 Å². The number of phenolic OH excluding ortho intramolecular Hbond substituents is 1. The third kappa shape index (κ3) is 3.38. The molecule has 6 nitrogen and oxygen atoms in total. The van der Waals surface area contributed by atoms with Gasteiger partial charge in [-0.15, -0.1) is 21.5 Å². The molecule has 1 fully saturated rings. The largest absolute Gasteiger partial charge is 0.508 e. The van der Waals surface area contributed by atoms with Gasteiger partial charge in [0.25, 0.3) is 5.89 Å². The summed E-state index contributed by atoms with van der Waals surface area (Å²) in [6.07, 6.45) is 0. The van der Waals surface area contributed by atoms with Crippen LogP contribution in [0, 0.1) is 0 Å². The van der Waals surface area contributed by atoms with Crippen LogP contribution in [0.25, 0.3) is 10.8 Å². The van der Waals surface area contributed by atoms with E-state index in [1.807, 2.05) is 29.6 Å². The summed E-state index contributed by atoms with van der Waals surface area (Å²) in [4.78, 5) is 5.69. The van der Waals surface area contributed by atoms with Crippen LogP contribution in [0.2, 0.25) is 0 Å². The second-order valence-electron chi connectivity index (χ2n) is 6.14. The molecule has 0 unspecified atom stereocenters. The lowest BCUT2D eigenvalue weighted by atomic mass is 10.2. The fourth-order valence-corrected chi connectivity index (χ4v) is 3.73. The Morgan fingerprint density at radius 3 is 2.52 bits per heavy atom. The fraction of sp³-hybridized carbons (Fsp3) is 0.333. The van der Waals surface area contributed by atoms with Crippen LogP contribution in [0.5, 0.6) is 5.75 Å². The number of hydrogen-bond donors (Lipinski definition) is 1. The van der Waals surface area contributed by atoms with Crippen LogP contribution in [0.3, 0.4) is 0 Å². The van der Waals surface area contributed by atoms with Gasteiger partial charge in [-0.25, -0.2) is 0 Å². The highest BCUT2D eigenvalue weighted by molar-refractivity contribution is 7.13. The second-order valence-corrected chi connectivity index (χ2v) is 7.09. The lowest BCUT2D eigenvalue weighted by Crippen LogP contribution is -2.47. The topological polar surface area (TPSA) is 65.6 Å². The molecule has 1 N–H and O–H groups in total. The molecule has 1 aliphatic heterocycles. The van der Waals surface area contributed by atoms with Crippen LogP contribution in [0.15, 0.2) is 46.2 Å². The Kier molecular flexibility index (Phi) is 4.42. The molecule has 0 aliphatic carbocycles. The predicted octanol–water partition coefficient (Wildman–Crippen LogP) is 3.39. The maximum absolute atomic E-state index is 9.42. The molecule has 130 valence electrons. The molecule has 3 heterocycles. The number of aromatic nitrogens is 2. The molecule has 1 aromatic carbocycles. The first-order valence-electron chi connectivity index (χ1n) is 8.36. The van der Waals surface area contributed by atoms with Crippen LogP contribution in [-0.4, -0.2) is 46.4 Å². The van der Waals surface area contributed by atoms with E-state index in [1.165, 1.54) is 0 Å². The van der Waals surface area contributed by atoms with E-state index in [-0.39, 0.29) is 6.04 Å². The van der Waals surface area contributed by atoms with E-state index >= 15 is 0 Å². The van der Waals surface area contributed by atoms with Crippen LogP contribution >= 0.6 is 11.3 Å². The summed E-state index contributed by atoms with van der Waals surface area (Å²) >= 11 is 1.60. The van der Waals surface area contributed by atoms with E-state index in [4.69, 9.17) is 4.42 Å². The molecule has 0 bridgehead atoms. The first-order chi connectivity index (χ1) is 12.2. The van der Waals surface area contributed by atoms with Gasteiger partial charge in [0.1, 0.15) is 5.75 Å². The van der Waals surface area contributed by atoms with Crippen molar-refractivity contribution in [3.8, 4) is 16.5 Å². The molecule has 0 saturated carbocycles. The summed E-state index contributed by atoms with van der Waals surface area (Å²) in [5.41, 5.74) is 1.14. The highest BCUT2D eigenvalue weighted by Gasteiger charge is 2.26. The maximum atomic E-state index is 9.42. The van der Waals surface area contributed by atoms with Crippen molar-refractivity contribution in [1.29, 1.82) is 0 Å². The average molecular weight is 356 g/mol. The zero-order valence-corrected chi connectivity index (χ0v) is 14.8. The van der Waals surface area contributed by atoms with Gasteiger partial charge in [-0.05, 0) is 42.6 Å². The van der Waals surface area contributed by atoms with E-state index in [1.54, 1.807) is 23.5 Å². The number of piperazine rings is 1. The Hall–Kier alpha value is -2.38. The van der Waals surface area contributed by atoms with Crippen molar-refractivity contribution >= 4 is 17.0 Å². The molecule has 2 aromatic heterocycles. The van der Waals surface area contributed by atoms with Crippen LogP contribution < -0.4 is 4.90 Å². The van der Waals surface area contributed by atoms with Crippen molar-refractivity contribution in [3.63, 3.8) is 0 Å². The molecule has 0 amide bonds. The zero-order valence-electron chi connectivity index (χ0n) is 14.0. The van der Waals surface area contributed by atoms with Gasteiger partial charge >= 0.3 is 0 Å². The minimum absolute atomic E-state index is 0.100. The Balaban J connectivity index is 1.39. The second kappa shape index (κ2) is 6.85. The smallest absolute Gasteiger partial charge is 0.257 e. The summed E-state index contributed by atoms with van der Waals surface area (Å²) in [6, 6.07) is 11.4. The fourth-order valence-electron chi connectivity index (χ4n) is 3.09. The quantitative estimate of drug-likeness (QED) is 0.773. The minimum Gasteiger partial charge on any atom is -0.508 e. The van der Waals surface area contributed by atoms with Crippen LogP contribution in [0.4, 0.5) is 5.69 Å². The lowest BCUT2D eigenvalue weighted by molar-refractivity contribution is 0.174. The van der Waals surface area contributed by atoms with Crippen molar-refractivity contribution in [2.24, 2.45) is 0 Å². The standard InChI is InChI=1S/C18H20N4O2S/c1-13(17-19-20-18(24-17)16-3-2-12-25-16)21-8-10-22(11-9-21)14-4-6-15(23)7-5-14/h2-7,12-13,23H,8-11H2,1H3/t13-/m1/s1. The van der Waals surface area contributed by atoms with Crippen molar-refractivity contribution in [2.75, 3.05) is 31.1 Å². The molecule has 0 radical (unpaired) electrons. The molecule has 25 heavy (non-hydrogen) atoms. The maximum Gasteiger partial charge on any atom is 0.257 e. The third-order valence-electron chi connectivity index (χ3n) is 4.61. The summed E-state index contributed by atoms with van der Waals surface area (Å²) in [6.45, 7) is 5.83. The summed E-state index contributed by atoms with van der Waals surface area (Å²) < 4.78 is 5.87. The number of rotatable bonds is 4. The van der Waals surface area contributed by atoms with E-state index in [9.17, 15) is 5.11 Å². The van der Waals surface area contributed by atoms with E-state index < -0.39 is 0 Å². The number of benzene rings is 1. The number of anilines is 1. The molecule has 1 saturated heterocycles. The van der Waals surface area contributed by atoms with E-state index in [0.717, 1.165) is 36.7 Å². The number of thiophene rings is 1. The highest BCUT2D eigenvalue weighted by Crippen LogP contribution is 2.28. The minimum atomic E-state index is 0.100. The average Bonchev–Trinajstić information content (AvgIpc) is 3.33. The Morgan fingerprint density at radius 2 is 1.84 bits per heavy atom. The van der Waals surface area contributed by atoms with Gasteiger partial charge in [0.05, 0.1) is 10.9 Å². The number of nitrogens with zero attached hydrogens (tertiary/aromatic N) is 4. The first kappa shape index (κ1) is 16.1. The van der Waals surface area contributed by atoms with Gasteiger partial charge in [0, 0.05) is 31.9 Å². The molecular weight excluding hydrogens is 336 g/mol. The van der Waals surface area contributed by atoms with Crippen LogP contribution in [0.1, 0.15) is 18.9 Å². The molecule has 1 aliphatic rings. The van der Waals surface area contributed by atoms with Crippen molar-refractivity contribution in [3.05, 3.63) is 47.7 Å². The Labute approximate surface area is 150 Å².